The van der Waals surface area contributed by atoms with Crippen LogP contribution in [0.5, 0.6) is 0 Å². The van der Waals surface area contributed by atoms with E-state index < -0.39 is 42.2 Å². The van der Waals surface area contributed by atoms with E-state index in [0.717, 1.165) is 4.90 Å². The molecular formula is C12H18N2O5. The molecule has 0 aromatic carbocycles. The number of imide groups is 1. The molecule has 19 heavy (non-hydrogen) atoms. The summed E-state index contributed by atoms with van der Waals surface area (Å²) in [4.78, 5) is 47.2. The Morgan fingerprint density at radius 2 is 1.95 bits per heavy atom. The summed E-state index contributed by atoms with van der Waals surface area (Å²) < 4.78 is 4.63. The van der Waals surface area contributed by atoms with Crippen LogP contribution < -0.4 is 5.32 Å². The van der Waals surface area contributed by atoms with Crippen molar-refractivity contribution >= 4 is 23.7 Å². The fourth-order valence-electron chi connectivity index (χ4n) is 1.74. The Morgan fingerprint density at radius 3 is 2.42 bits per heavy atom. The quantitative estimate of drug-likeness (QED) is 0.423. The Kier molecular flexibility index (Phi) is 4.63. The van der Waals surface area contributed by atoms with Crippen LogP contribution in [0.25, 0.3) is 0 Å². The molecule has 1 aliphatic heterocycles. The van der Waals surface area contributed by atoms with Crippen molar-refractivity contribution in [2.45, 2.75) is 39.2 Å². The van der Waals surface area contributed by atoms with Gasteiger partial charge in [0.15, 0.2) is 5.78 Å². The topological polar surface area (TPSA) is 92.8 Å². The Bertz CT molecular complexity index is 420. The number of Topliss-reactive ketones (excluding diaryl/α,β-unsaturated/α-hetero) is 1. The lowest BCUT2D eigenvalue weighted by molar-refractivity contribution is -0.146. The molecule has 1 fully saturated rings. The van der Waals surface area contributed by atoms with Gasteiger partial charge in [-0.25, -0.2) is 4.79 Å². The van der Waals surface area contributed by atoms with Crippen molar-refractivity contribution in [3.05, 3.63) is 0 Å². The largest absolute Gasteiger partial charge is 0.466 e. The van der Waals surface area contributed by atoms with Crippen molar-refractivity contribution in [1.29, 1.82) is 0 Å². The molecule has 106 valence electrons. The van der Waals surface area contributed by atoms with E-state index in [1.165, 1.54) is 0 Å². The van der Waals surface area contributed by atoms with E-state index in [0.29, 0.717) is 6.42 Å². The molecule has 7 heteroatoms. The van der Waals surface area contributed by atoms with Gasteiger partial charge in [-0.1, -0.05) is 6.92 Å². The van der Waals surface area contributed by atoms with E-state index in [1.807, 2.05) is 0 Å². The van der Waals surface area contributed by atoms with E-state index in [9.17, 15) is 19.2 Å². The molecule has 0 unspecified atom stereocenters. The number of ketones is 1. The summed E-state index contributed by atoms with van der Waals surface area (Å²) in [5.74, 6) is -1.63. The van der Waals surface area contributed by atoms with Gasteiger partial charge < -0.3 is 10.1 Å². The molecule has 3 amide bonds. The second kappa shape index (κ2) is 5.81. The van der Waals surface area contributed by atoms with Crippen LogP contribution in [0.15, 0.2) is 0 Å². The normalized spacial score (nSPS) is 22.4. The van der Waals surface area contributed by atoms with Gasteiger partial charge in [-0.2, -0.15) is 0 Å². The third-order valence-electron chi connectivity index (χ3n) is 3.03. The molecule has 1 saturated heterocycles. The predicted octanol–water partition coefficient (Wildman–Crippen LogP) is 0.229. The van der Waals surface area contributed by atoms with Crippen LogP contribution in [0.1, 0.15) is 33.6 Å². The zero-order valence-corrected chi connectivity index (χ0v) is 11.3. The predicted molar refractivity (Wildman–Crippen MR) is 65.2 cm³/mol. The van der Waals surface area contributed by atoms with Crippen molar-refractivity contribution in [1.82, 2.24) is 10.2 Å². The van der Waals surface area contributed by atoms with E-state index in [1.54, 1.807) is 20.8 Å². The number of hydrogen-bond donors (Lipinski definition) is 1. The van der Waals surface area contributed by atoms with Crippen molar-refractivity contribution in [3.63, 3.8) is 0 Å². The maximum atomic E-state index is 12.0. The smallest absolute Gasteiger partial charge is 0.325 e. The molecule has 0 aromatic heterocycles. The summed E-state index contributed by atoms with van der Waals surface area (Å²) in [5, 5.41) is 2.53. The molecule has 0 saturated carbocycles. The van der Waals surface area contributed by atoms with Crippen molar-refractivity contribution in [3.8, 4) is 0 Å². The van der Waals surface area contributed by atoms with Gasteiger partial charge in [0.2, 0.25) is 0 Å². The number of nitrogens with one attached hydrogen (secondary N) is 1. The molecule has 1 N–H and O–H groups in total. The van der Waals surface area contributed by atoms with Crippen LogP contribution in [-0.4, -0.2) is 47.3 Å². The van der Waals surface area contributed by atoms with Gasteiger partial charge in [-0.15, -0.1) is 0 Å². The lowest BCUT2D eigenvalue weighted by Gasteiger charge is -2.18. The molecular weight excluding hydrogens is 252 g/mol. The highest BCUT2D eigenvalue weighted by molar-refractivity contribution is 6.10. The van der Waals surface area contributed by atoms with Gasteiger partial charge in [0.05, 0.1) is 13.2 Å². The van der Waals surface area contributed by atoms with E-state index >= 15 is 0 Å². The molecule has 1 heterocycles. The Balaban J connectivity index is 2.63. The molecule has 0 aliphatic carbocycles. The highest BCUT2D eigenvalue weighted by atomic mass is 16.5. The van der Waals surface area contributed by atoms with Crippen LogP contribution in [0.2, 0.25) is 0 Å². The molecule has 1 aliphatic rings. The van der Waals surface area contributed by atoms with Crippen molar-refractivity contribution in [2.75, 3.05) is 13.2 Å². The van der Waals surface area contributed by atoms with Gasteiger partial charge in [0, 0.05) is 0 Å². The lowest BCUT2D eigenvalue weighted by Crippen LogP contribution is -2.43. The first-order valence-corrected chi connectivity index (χ1v) is 6.15. The number of hydrogen-bond acceptors (Lipinski definition) is 5. The van der Waals surface area contributed by atoms with Gasteiger partial charge in [-0.05, 0) is 20.3 Å². The van der Waals surface area contributed by atoms with Gasteiger partial charge >= 0.3 is 12.0 Å². The molecule has 0 spiro atoms. The van der Waals surface area contributed by atoms with Crippen LogP contribution in [-0.2, 0) is 19.1 Å². The highest BCUT2D eigenvalue weighted by Crippen LogP contribution is 2.20. The van der Waals surface area contributed by atoms with E-state index in [2.05, 4.69) is 10.1 Å². The minimum Gasteiger partial charge on any atom is -0.466 e. The summed E-state index contributed by atoms with van der Waals surface area (Å²) in [6.07, 6.45) is -0.00607. The number of carbonyl (C=O) groups is 4. The summed E-state index contributed by atoms with van der Waals surface area (Å²) in [7, 11) is 0. The Hall–Kier alpha value is -1.92. The molecule has 7 nitrogen and oxygen atoms in total. The number of esters is 1. The third-order valence-corrected chi connectivity index (χ3v) is 3.03. The van der Waals surface area contributed by atoms with Crippen LogP contribution in [0.3, 0.4) is 0 Å². The van der Waals surface area contributed by atoms with Crippen LogP contribution in [0, 0.1) is 0 Å². The monoisotopic (exact) mass is 270 g/mol. The average molecular weight is 270 g/mol. The molecule has 1 atom stereocenters. The first-order valence-electron chi connectivity index (χ1n) is 6.15. The number of carbonyl (C=O) groups excluding carboxylic acids is 4. The minimum absolute atomic E-state index is 0.184. The summed E-state index contributed by atoms with van der Waals surface area (Å²) in [6.45, 7) is 4.78. The SMILES string of the molecule is CCOC(=O)CC(=O)CN1C(=O)N[C@@](C)(CC)C1=O. The Labute approximate surface area is 111 Å². The molecule has 0 bridgehead atoms. The van der Waals surface area contributed by atoms with Crippen LogP contribution >= 0.6 is 0 Å². The maximum Gasteiger partial charge on any atom is 0.325 e. The second-order valence-electron chi connectivity index (χ2n) is 4.53. The first-order chi connectivity index (χ1) is 8.84. The standard InChI is InChI=1S/C12H18N2O5/c1-4-12(3)10(17)14(11(18)13-12)7-8(15)6-9(16)19-5-2/h4-7H2,1-3H3,(H,13,18)/t12-/m0/s1. The van der Waals surface area contributed by atoms with Crippen LogP contribution in [0.4, 0.5) is 4.79 Å². The highest BCUT2D eigenvalue weighted by Gasteiger charge is 2.46. The fourth-order valence-corrected chi connectivity index (χ4v) is 1.74. The Morgan fingerprint density at radius 1 is 1.32 bits per heavy atom. The molecule has 1 rings (SSSR count). The number of amides is 3. The lowest BCUT2D eigenvalue weighted by atomic mass is 9.99. The van der Waals surface area contributed by atoms with Gasteiger partial charge in [0.25, 0.3) is 5.91 Å². The van der Waals surface area contributed by atoms with Gasteiger partial charge in [-0.3, -0.25) is 19.3 Å². The van der Waals surface area contributed by atoms with Crippen molar-refractivity contribution < 1.29 is 23.9 Å². The molecule has 0 radical (unpaired) electrons. The molecule has 0 aromatic rings. The first kappa shape index (κ1) is 15.1. The minimum atomic E-state index is -0.971. The average Bonchev–Trinajstić information content (AvgIpc) is 2.54. The maximum absolute atomic E-state index is 12.0. The number of urea groups is 1. The zero-order valence-electron chi connectivity index (χ0n) is 11.3. The number of rotatable bonds is 6. The second-order valence-corrected chi connectivity index (χ2v) is 4.53. The van der Waals surface area contributed by atoms with E-state index in [4.69, 9.17) is 0 Å². The zero-order chi connectivity index (χ0) is 14.6. The summed E-state index contributed by atoms with van der Waals surface area (Å²) >= 11 is 0. The third kappa shape index (κ3) is 3.30. The summed E-state index contributed by atoms with van der Waals surface area (Å²) in [5.41, 5.74) is -0.971. The number of ether oxygens (including phenoxy) is 1. The van der Waals surface area contributed by atoms with E-state index in [-0.39, 0.29) is 6.61 Å². The number of nitrogens with zero attached hydrogens (tertiary/aromatic N) is 1. The fraction of sp³-hybridized carbons (Fsp3) is 0.667. The summed E-state index contributed by atoms with van der Waals surface area (Å²) in [6, 6.07) is -0.605. The van der Waals surface area contributed by atoms with Crippen molar-refractivity contribution in [2.24, 2.45) is 0 Å². The van der Waals surface area contributed by atoms with Gasteiger partial charge in [0.1, 0.15) is 12.0 Å².